The van der Waals surface area contributed by atoms with Gasteiger partial charge in [0.1, 0.15) is 10.9 Å². The zero-order valence-electron chi connectivity index (χ0n) is 18.2. The van der Waals surface area contributed by atoms with Crippen LogP contribution in [-0.4, -0.2) is 37.1 Å². The van der Waals surface area contributed by atoms with Crippen LogP contribution in [0.4, 0.5) is 5.69 Å². The number of allylic oxidation sites excluding steroid dienone is 1. The molecule has 1 atom stereocenters. The van der Waals surface area contributed by atoms with E-state index in [1.807, 2.05) is 0 Å². The van der Waals surface area contributed by atoms with Gasteiger partial charge in [0.05, 0.1) is 17.1 Å². The number of rotatable bonds is 7. The van der Waals surface area contributed by atoms with Gasteiger partial charge in [-0.2, -0.15) is 4.31 Å². The molecule has 0 saturated carbocycles. The standard InChI is InChI=1S/C24H23Cl2IN2O4S/c25-17-6-11-20(26)22(14-17)34(32,33)28(13-12-16-4-2-1-3-5-16)21-15-23(30)29(24(21)31)19-9-7-18(27)8-10-19/h4,6-11,14,21H,1-3,5,12-13,15H2. The molecule has 1 unspecified atom stereocenters. The average molecular weight is 633 g/mol. The number of nitrogens with zero attached hydrogens (tertiary/aromatic N) is 2. The van der Waals surface area contributed by atoms with Gasteiger partial charge in [-0.05, 0) is 97.2 Å². The summed E-state index contributed by atoms with van der Waals surface area (Å²) < 4.78 is 29.7. The van der Waals surface area contributed by atoms with Gasteiger partial charge in [0.25, 0.3) is 5.91 Å². The second-order valence-electron chi connectivity index (χ2n) is 8.31. The summed E-state index contributed by atoms with van der Waals surface area (Å²) in [6, 6.07) is 9.99. The molecule has 4 rings (SSSR count). The van der Waals surface area contributed by atoms with Crippen LogP contribution in [0.15, 0.2) is 59.0 Å². The minimum absolute atomic E-state index is 0.0116. The highest BCUT2D eigenvalue weighted by Gasteiger charge is 2.47. The predicted molar refractivity (Wildman–Crippen MR) is 142 cm³/mol. The van der Waals surface area contributed by atoms with E-state index >= 15 is 0 Å². The van der Waals surface area contributed by atoms with Crippen LogP contribution in [0.2, 0.25) is 10.0 Å². The Morgan fingerprint density at radius 1 is 1.06 bits per heavy atom. The van der Waals surface area contributed by atoms with Crippen LogP contribution in [0.3, 0.4) is 0 Å². The molecule has 34 heavy (non-hydrogen) atoms. The molecule has 180 valence electrons. The molecule has 2 aromatic carbocycles. The number of anilines is 1. The van der Waals surface area contributed by atoms with E-state index in [4.69, 9.17) is 23.2 Å². The van der Waals surface area contributed by atoms with E-state index in [0.717, 1.165) is 44.0 Å². The molecule has 0 spiro atoms. The summed E-state index contributed by atoms with van der Waals surface area (Å²) in [6.07, 6.45) is 6.42. The Morgan fingerprint density at radius 3 is 2.47 bits per heavy atom. The first kappa shape index (κ1) is 25.6. The summed E-state index contributed by atoms with van der Waals surface area (Å²) in [5.74, 6) is -1.00. The van der Waals surface area contributed by atoms with Crippen molar-refractivity contribution in [2.24, 2.45) is 0 Å². The lowest BCUT2D eigenvalue weighted by Crippen LogP contribution is -2.46. The molecule has 10 heteroatoms. The molecule has 1 saturated heterocycles. The van der Waals surface area contributed by atoms with E-state index in [-0.39, 0.29) is 27.9 Å². The van der Waals surface area contributed by atoms with Crippen molar-refractivity contribution in [2.45, 2.75) is 49.5 Å². The van der Waals surface area contributed by atoms with Gasteiger partial charge in [-0.3, -0.25) is 9.59 Å². The molecule has 6 nitrogen and oxygen atoms in total. The Kier molecular flexibility index (Phi) is 8.03. The van der Waals surface area contributed by atoms with Crippen molar-refractivity contribution in [3.8, 4) is 0 Å². The van der Waals surface area contributed by atoms with Gasteiger partial charge < -0.3 is 0 Å². The van der Waals surface area contributed by atoms with Crippen molar-refractivity contribution in [1.82, 2.24) is 4.31 Å². The van der Waals surface area contributed by atoms with Gasteiger partial charge in [0, 0.05) is 15.1 Å². The second-order valence-corrected chi connectivity index (χ2v) is 12.3. The van der Waals surface area contributed by atoms with E-state index in [1.54, 1.807) is 24.3 Å². The highest BCUT2D eigenvalue weighted by atomic mass is 127. The molecule has 0 radical (unpaired) electrons. The summed E-state index contributed by atoms with van der Waals surface area (Å²) in [6.45, 7) is 0.0707. The van der Waals surface area contributed by atoms with Crippen LogP contribution in [0.5, 0.6) is 0 Å². The highest BCUT2D eigenvalue weighted by Crippen LogP contribution is 2.34. The lowest BCUT2D eigenvalue weighted by Gasteiger charge is -2.28. The maximum atomic E-state index is 13.8. The number of imide groups is 1. The molecule has 0 N–H and O–H groups in total. The summed E-state index contributed by atoms with van der Waals surface area (Å²) in [4.78, 5) is 27.2. The number of amides is 2. The van der Waals surface area contributed by atoms with E-state index < -0.39 is 27.9 Å². The third-order valence-electron chi connectivity index (χ3n) is 6.07. The molecule has 1 fully saturated rings. The fourth-order valence-corrected chi connectivity index (χ4v) is 7.01. The zero-order chi connectivity index (χ0) is 24.5. The number of hydrogen-bond acceptors (Lipinski definition) is 4. The molecule has 1 heterocycles. The highest BCUT2D eigenvalue weighted by molar-refractivity contribution is 14.1. The van der Waals surface area contributed by atoms with Crippen molar-refractivity contribution in [2.75, 3.05) is 11.4 Å². The zero-order valence-corrected chi connectivity index (χ0v) is 22.7. The van der Waals surface area contributed by atoms with Crippen molar-refractivity contribution < 1.29 is 18.0 Å². The summed E-state index contributed by atoms with van der Waals surface area (Å²) in [5, 5.41) is 0.227. The maximum absolute atomic E-state index is 13.8. The molecule has 0 bridgehead atoms. The smallest absolute Gasteiger partial charge is 0.252 e. The van der Waals surface area contributed by atoms with Crippen molar-refractivity contribution in [1.29, 1.82) is 0 Å². The molecule has 1 aliphatic heterocycles. The molecular formula is C24H23Cl2IN2O4S. The normalized spacial score (nSPS) is 19.1. The van der Waals surface area contributed by atoms with Gasteiger partial charge in [-0.25, -0.2) is 13.3 Å². The third-order valence-corrected chi connectivity index (χ3v) is 9.42. The Morgan fingerprint density at radius 2 is 1.79 bits per heavy atom. The number of sulfonamides is 1. The first-order chi connectivity index (χ1) is 16.2. The number of carbonyl (C=O) groups is 2. The quantitative estimate of drug-likeness (QED) is 0.219. The number of halogens is 3. The Hall–Kier alpha value is -1.46. The van der Waals surface area contributed by atoms with Crippen molar-refractivity contribution >= 4 is 73.3 Å². The van der Waals surface area contributed by atoms with Crippen LogP contribution < -0.4 is 4.90 Å². The monoisotopic (exact) mass is 632 g/mol. The fraction of sp³-hybridized carbons (Fsp3) is 0.333. The fourth-order valence-electron chi connectivity index (χ4n) is 4.33. The number of hydrogen-bond donors (Lipinski definition) is 0. The van der Waals surface area contributed by atoms with E-state index in [9.17, 15) is 18.0 Å². The SMILES string of the molecule is O=C1CC(N(CCC2=CCCCC2)S(=O)(=O)c2cc(Cl)ccc2Cl)C(=O)N1c1ccc(I)cc1. The van der Waals surface area contributed by atoms with Crippen LogP contribution in [0, 0.1) is 3.57 Å². The Labute approximate surface area is 223 Å². The average Bonchev–Trinajstić information content (AvgIpc) is 3.10. The van der Waals surface area contributed by atoms with E-state index in [0.29, 0.717) is 12.1 Å². The second kappa shape index (κ2) is 10.7. The minimum atomic E-state index is -4.22. The lowest BCUT2D eigenvalue weighted by molar-refractivity contribution is -0.122. The number of carbonyl (C=O) groups excluding carboxylic acids is 2. The van der Waals surface area contributed by atoms with E-state index in [2.05, 4.69) is 28.7 Å². The Bertz CT molecular complexity index is 1250. The van der Waals surface area contributed by atoms with Crippen LogP contribution >= 0.6 is 45.8 Å². The number of benzene rings is 2. The first-order valence-corrected chi connectivity index (χ1v) is 14.2. The van der Waals surface area contributed by atoms with Gasteiger partial charge in [-0.1, -0.05) is 34.9 Å². The lowest BCUT2D eigenvalue weighted by atomic mass is 9.97. The van der Waals surface area contributed by atoms with Crippen LogP contribution in [0.1, 0.15) is 38.5 Å². The van der Waals surface area contributed by atoms with Gasteiger partial charge in [-0.15, -0.1) is 0 Å². The van der Waals surface area contributed by atoms with Gasteiger partial charge in [0.15, 0.2) is 0 Å². The topological polar surface area (TPSA) is 74.8 Å². The van der Waals surface area contributed by atoms with Crippen LogP contribution in [-0.2, 0) is 19.6 Å². The molecule has 0 aromatic heterocycles. The summed E-state index contributed by atoms with van der Waals surface area (Å²) in [7, 11) is -4.22. The van der Waals surface area contributed by atoms with Gasteiger partial charge >= 0.3 is 0 Å². The molecule has 2 aliphatic rings. The van der Waals surface area contributed by atoms with Crippen LogP contribution in [0.25, 0.3) is 0 Å². The predicted octanol–water partition coefficient (Wildman–Crippen LogP) is 5.81. The van der Waals surface area contributed by atoms with Crippen molar-refractivity contribution in [3.63, 3.8) is 0 Å². The molecule has 2 amide bonds. The molecule has 2 aromatic rings. The van der Waals surface area contributed by atoms with Crippen molar-refractivity contribution in [3.05, 3.63) is 67.7 Å². The summed E-state index contributed by atoms with van der Waals surface area (Å²) >= 11 is 14.5. The third kappa shape index (κ3) is 5.36. The molecule has 1 aliphatic carbocycles. The maximum Gasteiger partial charge on any atom is 0.252 e. The largest absolute Gasteiger partial charge is 0.274 e. The van der Waals surface area contributed by atoms with E-state index in [1.165, 1.54) is 18.2 Å². The minimum Gasteiger partial charge on any atom is -0.274 e. The molecular weight excluding hydrogens is 610 g/mol. The summed E-state index contributed by atoms with van der Waals surface area (Å²) in [5.41, 5.74) is 1.58. The van der Waals surface area contributed by atoms with Gasteiger partial charge in [0.2, 0.25) is 15.9 Å². The first-order valence-electron chi connectivity index (χ1n) is 11.0. The Balaban J connectivity index is 1.71.